The van der Waals surface area contributed by atoms with Crippen molar-refractivity contribution in [3.8, 4) is 0 Å². The predicted molar refractivity (Wildman–Crippen MR) is 101 cm³/mol. The minimum Gasteiger partial charge on any atom is -0.325 e. The number of carbonyl (C=O) groups excluding carboxylic acids is 3. The van der Waals surface area contributed by atoms with Gasteiger partial charge in [-0.1, -0.05) is 40.9 Å². The minimum atomic E-state index is -0.484. The molecule has 0 bridgehead atoms. The molecule has 0 spiro atoms. The third-order valence-corrected chi connectivity index (χ3v) is 3.96. The molecule has 6 nitrogen and oxygen atoms in total. The van der Waals surface area contributed by atoms with E-state index in [4.69, 9.17) is 23.2 Å². The van der Waals surface area contributed by atoms with Gasteiger partial charge in [-0.05, 0) is 37.3 Å². The number of rotatable bonds is 5. The molecular formula is C18H17Cl2N3O3. The molecule has 0 fully saturated rings. The van der Waals surface area contributed by atoms with Crippen LogP contribution in [0.25, 0.3) is 0 Å². The van der Waals surface area contributed by atoms with E-state index in [0.717, 1.165) is 5.56 Å². The van der Waals surface area contributed by atoms with Gasteiger partial charge >= 0.3 is 0 Å². The van der Waals surface area contributed by atoms with Gasteiger partial charge in [-0.3, -0.25) is 25.2 Å². The van der Waals surface area contributed by atoms with Gasteiger partial charge in [0.05, 0.1) is 10.7 Å². The molecule has 0 aliphatic rings. The maximum atomic E-state index is 11.9. The van der Waals surface area contributed by atoms with Crippen molar-refractivity contribution in [2.24, 2.45) is 0 Å². The van der Waals surface area contributed by atoms with Crippen molar-refractivity contribution in [3.63, 3.8) is 0 Å². The molecule has 2 aromatic rings. The monoisotopic (exact) mass is 393 g/mol. The van der Waals surface area contributed by atoms with Gasteiger partial charge in [-0.15, -0.1) is 0 Å². The molecule has 3 amide bonds. The summed E-state index contributed by atoms with van der Waals surface area (Å²) in [6.45, 7) is 1.91. The zero-order chi connectivity index (χ0) is 19.1. The number of hydrogen-bond donors (Lipinski definition) is 3. The first kappa shape index (κ1) is 19.8. The van der Waals surface area contributed by atoms with E-state index in [0.29, 0.717) is 21.3 Å². The first-order valence-electron chi connectivity index (χ1n) is 7.76. The Hall–Kier alpha value is -2.57. The topological polar surface area (TPSA) is 87.3 Å². The quantitative estimate of drug-likeness (QED) is 0.679. The maximum Gasteiger partial charge on any atom is 0.269 e. The summed E-state index contributed by atoms with van der Waals surface area (Å²) in [7, 11) is 0. The summed E-state index contributed by atoms with van der Waals surface area (Å²) in [5.41, 5.74) is 6.43. The third kappa shape index (κ3) is 6.06. The van der Waals surface area contributed by atoms with Gasteiger partial charge in [0.1, 0.15) is 0 Å². The van der Waals surface area contributed by atoms with Crippen LogP contribution in [0.5, 0.6) is 0 Å². The number of carbonyl (C=O) groups is 3. The Morgan fingerprint density at radius 1 is 0.885 bits per heavy atom. The van der Waals surface area contributed by atoms with Crippen LogP contribution in [0.3, 0.4) is 0 Å². The van der Waals surface area contributed by atoms with Crippen LogP contribution in [-0.4, -0.2) is 17.7 Å². The first-order valence-corrected chi connectivity index (χ1v) is 8.51. The molecule has 136 valence electrons. The molecule has 0 saturated heterocycles. The van der Waals surface area contributed by atoms with Gasteiger partial charge in [0.15, 0.2) is 0 Å². The lowest BCUT2D eigenvalue weighted by Gasteiger charge is -2.09. The standard InChI is InChI=1S/C18H17Cl2N3O3/c1-11-2-4-12(5-3-11)18(26)23-22-17(25)9-8-16(24)21-15-7-6-13(19)10-14(15)20/h2-7,10H,8-9H2,1H3,(H,21,24)(H,22,25)(H,23,26). The summed E-state index contributed by atoms with van der Waals surface area (Å²) in [4.78, 5) is 35.5. The van der Waals surface area contributed by atoms with E-state index in [1.807, 2.05) is 6.92 Å². The number of aryl methyl sites for hydroxylation is 1. The molecule has 0 aliphatic heterocycles. The normalized spacial score (nSPS) is 10.1. The number of anilines is 1. The Labute approximate surface area is 160 Å². The largest absolute Gasteiger partial charge is 0.325 e. The van der Waals surface area contributed by atoms with E-state index in [1.165, 1.54) is 6.07 Å². The van der Waals surface area contributed by atoms with Crippen LogP contribution >= 0.6 is 23.2 Å². The predicted octanol–water partition coefficient (Wildman–Crippen LogP) is 3.48. The zero-order valence-corrected chi connectivity index (χ0v) is 15.4. The number of hydrogen-bond acceptors (Lipinski definition) is 3. The van der Waals surface area contributed by atoms with E-state index in [-0.39, 0.29) is 18.7 Å². The van der Waals surface area contributed by atoms with E-state index < -0.39 is 11.8 Å². The number of benzene rings is 2. The second-order valence-corrected chi connectivity index (χ2v) is 6.38. The average molecular weight is 394 g/mol. The molecule has 26 heavy (non-hydrogen) atoms. The molecule has 0 radical (unpaired) electrons. The number of amides is 3. The van der Waals surface area contributed by atoms with Crippen molar-refractivity contribution >= 4 is 46.6 Å². The molecule has 0 aliphatic carbocycles. The molecule has 0 heterocycles. The fourth-order valence-corrected chi connectivity index (χ4v) is 2.45. The van der Waals surface area contributed by atoms with Crippen LogP contribution in [0.2, 0.25) is 10.0 Å². The van der Waals surface area contributed by atoms with Crippen molar-refractivity contribution in [2.45, 2.75) is 19.8 Å². The molecule has 8 heteroatoms. The number of nitrogens with one attached hydrogen (secondary N) is 3. The van der Waals surface area contributed by atoms with Crippen LogP contribution in [0.4, 0.5) is 5.69 Å². The van der Waals surface area contributed by atoms with Crippen molar-refractivity contribution in [1.82, 2.24) is 10.9 Å². The SMILES string of the molecule is Cc1ccc(C(=O)NNC(=O)CCC(=O)Nc2ccc(Cl)cc2Cl)cc1. The number of hydrazine groups is 1. The fourth-order valence-electron chi connectivity index (χ4n) is 2.00. The minimum absolute atomic E-state index is 0.0643. The van der Waals surface area contributed by atoms with Crippen molar-refractivity contribution < 1.29 is 14.4 Å². The summed E-state index contributed by atoms with van der Waals surface area (Å²) < 4.78 is 0. The summed E-state index contributed by atoms with van der Waals surface area (Å²) in [5, 5.41) is 3.35. The lowest BCUT2D eigenvalue weighted by atomic mass is 10.1. The lowest BCUT2D eigenvalue weighted by molar-refractivity contribution is -0.124. The highest BCUT2D eigenvalue weighted by molar-refractivity contribution is 6.36. The molecule has 2 rings (SSSR count). The Bertz CT molecular complexity index is 823. The van der Waals surface area contributed by atoms with Gasteiger partial charge in [0.2, 0.25) is 11.8 Å². The van der Waals surface area contributed by atoms with E-state index in [2.05, 4.69) is 16.2 Å². The highest BCUT2D eigenvalue weighted by Crippen LogP contribution is 2.25. The van der Waals surface area contributed by atoms with Crippen LogP contribution in [0.1, 0.15) is 28.8 Å². The van der Waals surface area contributed by atoms with Crippen LogP contribution < -0.4 is 16.2 Å². The average Bonchev–Trinajstić information content (AvgIpc) is 2.61. The van der Waals surface area contributed by atoms with Gasteiger partial charge in [-0.2, -0.15) is 0 Å². The van der Waals surface area contributed by atoms with Gasteiger partial charge < -0.3 is 5.32 Å². The molecule has 0 aromatic heterocycles. The van der Waals surface area contributed by atoms with E-state index in [9.17, 15) is 14.4 Å². The summed E-state index contributed by atoms with van der Waals surface area (Å²) >= 11 is 11.7. The van der Waals surface area contributed by atoms with Gasteiger partial charge in [-0.25, -0.2) is 0 Å². The smallest absolute Gasteiger partial charge is 0.269 e. The van der Waals surface area contributed by atoms with E-state index >= 15 is 0 Å². The maximum absolute atomic E-state index is 11.9. The highest BCUT2D eigenvalue weighted by Gasteiger charge is 2.11. The van der Waals surface area contributed by atoms with Gasteiger partial charge in [0, 0.05) is 23.4 Å². The molecule has 0 atom stereocenters. The lowest BCUT2D eigenvalue weighted by Crippen LogP contribution is -2.41. The highest BCUT2D eigenvalue weighted by atomic mass is 35.5. The second kappa shape index (κ2) is 9.22. The summed E-state index contributed by atoms with van der Waals surface area (Å²) in [5.74, 6) is -1.30. The molecule has 0 unspecified atom stereocenters. The van der Waals surface area contributed by atoms with E-state index in [1.54, 1.807) is 36.4 Å². The zero-order valence-electron chi connectivity index (χ0n) is 13.9. The van der Waals surface area contributed by atoms with Crippen LogP contribution in [-0.2, 0) is 9.59 Å². The summed E-state index contributed by atoms with van der Waals surface area (Å²) in [6.07, 6.45) is -0.156. The number of halogens is 2. The Morgan fingerprint density at radius 2 is 1.54 bits per heavy atom. The molecular weight excluding hydrogens is 377 g/mol. The van der Waals surface area contributed by atoms with Crippen LogP contribution in [0.15, 0.2) is 42.5 Å². The van der Waals surface area contributed by atoms with Gasteiger partial charge in [0.25, 0.3) is 5.91 Å². The first-order chi connectivity index (χ1) is 12.3. The summed E-state index contributed by atoms with van der Waals surface area (Å²) in [6, 6.07) is 11.6. The van der Waals surface area contributed by atoms with Crippen LogP contribution in [0, 0.1) is 6.92 Å². The molecule has 0 saturated carbocycles. The van der Waals surface area contributed by atoms with Crippen molar-refractivity contribution in [1.29, 1.82) is 0 Å². The molecule has 2 aromatic carbocycles. The molecule has 3 N–H and O–H groups in total. The second-order valence-electron chi connectivity index (χ2n) is 5.54. The van der Waals surface area contributed by atoms with Crippen molar-refractivity contribution in [2.75, 3.05) is 5.32 Å². The Kier molecular flexibility index (Phi) is 7.00. The fraction of sp³-hybridized carbons (Fsp3) is 0.167. The van der Waals surface area contributed by atoms with Crippen molar-refractivity contribution in [3.05, 3.63) is 63.6 Å². The third-order valence-electron chi connectivity index (χ3n) is 3.41. The Morgan fingerprint density at radius 3 is 2.19 bits per heavy atom. The Balaban J connectivity index is 1.74.